The lowest BCUT2D eigenvalue weighted by Gasteiger charge is -2.35. The Morgan fingerprint density at radius 2 is 2.08 bits per heavy atom. The fourth-order valence-electron chi connectivity index (χ4n) is 3.62. The summed E-state index contributed by atoms with van der Waals surface area (Å²) in [5, 5.41) is 19.5. The molecule has 4 heteroatoms. The van der Waals surface area contributed by atoms with E-state index in [0.717, 1.165) is 24.8 Å². The van der Waals surface area contributed by atoms with Crippen molar-refractivity contribution in [3.63, 3.8) is 0 Å². The molecule has 3 atom stereocenters. The molecule has 24 heavy (non-hydrogen) atoms. The lowest BCUT2D eigenvalue weighted by molar-refractivity contribution is -0.139. The van der Waals surface area contributed by atoms with Crippen LogP contribution in [-0.4, -0.2) is 12.6 Å². The van der Waals surface area contributed by atoms with Gasteiger partial charge in [0.15, 0.2) is 12.0 Å². The molecule has 0 heterocycles. The summed E-state index contributed by atoms with van der Waals surface area (Å²) < 4.78 is 4.77. The molecule has 0 saturated carbocycles. The van der Waals surface area contributed by atoms with E-state index in [1.807, 2.05) is 0 Å². The Balaban J connectivity index is 2.24. The van der Waals surface area contributed by atoms with Crippen molar-refractivity contribution >= 4 is 5.97 Å². The van der Waals surface area contributed by atoms with Gasteiger partial charge in [-0.05, 0) is 36.2 Å². The highest BCUT2D eigenvalue weighted by Crippen LogP contribution is 2.49. The van der Waals surface area contributed by atoms with Crippen molar-refractivity contribution in [2.24, 2.45) is 23.2 Å². The number of allylic oxidation sites excluding steroid dienone is 4. The average molecular weight is 322 g/mol. The molecule has 4 nitrogen and oxygen atoms in total. The Kier molecular flexibility index (Phi) is 5.83. The van der Waals surface area contributed by atoms with Crippen molar-refractivity contribution in [3.8, 4) is 24.0 Å². The number of nitriles is 2. The van der Waals surface area contributed by atoms with Gasteiger partial charge in [0.2, 0.25) is 0 Å². The zero-order chi connectivity index (χ0) is 17.6. The second kappa shape index (κ2) is 7.85. The Morgan fingerprint density at radius 3 is 2.71 bits per heavy atom. The van der Waals surface area contributed by atoms with Crippen LogP contribution in [-0.2, 0) is 9.53 Å². The van der Waals surface area contributed by atoms with E-state index >= 15 is 0 Å². The number of esters is 1. The van der Waals surface area contributed by atoms with Gasteiger partial charge in [0.1, 0.15) is 0 Å². The van der Waals surface area contributed by atoms with Crippen molar-refractivity contribution in [3.05, 3.63) is 23.8 Å². The number of hydrogen-bond acceptors (Lipinski definition) is 4. The number of fused-ring (bicyclic) bond motifs is 2. The molecular formula is C20H22N2O2. The maximum absolute atomic E-state index is 10.7. The first-order valence-electron chi connectivity index (χ1n) is 8.38. The lowest BCUT2D eigenvalue weighted by Crippen LogP contribution is -2.31. The quantitative estimate of drug-likeness (QED) is 0.441. The van der Waals surface area contributed by atoms with E-state index in [4.69, 9.17) is 4.74 Å². The molecule has 0 aliphatic heterocycles. The van der Waals surface area contributed by atoms with Crippen LogP contribution in [0.4, 0.5) is 0 Å². The first-order chi connectivity index (χ1) is 11.6. The molecule has 0 N–H and O–H groups in total. The van der Waals surface area contributed by atoms with Crippen molar-refractivity contribution in [1.29, 1.82) is 10.5 Å². The third-order valence-electron chi connectivity index (χ3n) is 4.76. The standard InChI is InChI=1S/C20H22N2O2/c1-3-6-18-17-8-7-16(11-17)12-19(18)20(13-21,14-22)9-4-5-10-24-15(2)23/h7-8,12,16-18H,3,6,9-11H2,1-2H3/t16-,17+,18-/m0/s1. The minimum Gasteiger partial charge on any atom is -0.453 e. The third kappa shape index (κ3) is 3.69. The predicted octanol–water partition coefficient (Wildman–Crippen LogP) is 3.53. The topological polar surface area (TPSA) is 73.9 Å². The molecule has 124 valence electrons. The van der Waals surface area contributed by atoms with E-state index in [2.05, 4.69) is 49.1 Å². The second-order valence-electron chi connectivity index (χ2n) is 6.41. The fraction of sp³-hybridized carbons (Fsp3) is 0.550. The highest BCUT2D eigenvalue weighted by atomic mass is 16.5. The molecule has 0 aromatic carbocycles. The molecule has 0 saturated heterocycles. The lowest BCUT2D eigenvalue weighted by atomic mass is 9.65. The summed E-state index contributed by atoms with van der Waals surface area (Å²) in [6, 6.07) is 4.45. The summed E-state index contributed by atoms with van der Waals surface area (Å²) >= 11 is 0. The number of rotatable bonds is 5. The fourth-order valence-corrected chi connectivity index (χ4v) is 3.62. The summed E-state index contributed by atoms with van der Waals surface area (Å²) in [6.07, 6.45) is 9.75. The van der Waals surface area contributed by atoms with Gasteiger partial charge in [-0.2, -0.15) is 10.5 Å². The van der Waals surface area contributed by atoms with Gasteiger partial charge in [0.05, 0.1) is 12.1 Å². The summed E-state index contributed by atoms with van der Waals surface area (Å²) in [6.45, 7) is 3.44. The Bertz CT molecular complexity index is 680. The molecule has 2 aliphatic carbocycles. The van der Waals surface area contributed by atoms with Gasteiger partial charge in [-0.3, -0.25) is 4.79 Å². The zero-order valence-electron chi connectivity index (χ0n) is 14.2. The summed E-state index contributed by atoms with van der Waals surface area (Å²) in [5.41, 5.74) is -0.284. The molecule has 0 unspecified atom stereocenters. The summed E-state index contributed by atoms with van der Waals surface area (Å²) in [4.78, 5) is 10.7. The summed E-state index contributed by atoms with van der Waals surface area (Å²) in [7, 11) is 0. The number of ether oxygens (including phenoxy) is 1. The molecule has 0 aromatic rings. The van der Waals surface area contributed by atoms with Crippen LogP contribution in [0.1, 0.15) is 39.5 Å². The van der Waals surface area contributed by atoms with Crippen LogP contribution < -0.4 is 0 Å². The van der Waals surface area contributed by atoms with Crippen molar-refractivity contribution in [2.45, 2.75) is 39.5 Å². The predicted molar refractivity (Wildman–Crippen MR) is 89.9 cm³/mol. The summed E-state index contributed by atoms with van der Waals surface area (Å²) in [5.74, 6) is 6.18. The number of nitrogens with zero attached hydrogens (tertiary/aromatic N) is 2. The molecular weight excluding hydrogens is 300 g/mol. The highest BCUT2D eigenvalue weighted by Gasteiger charge is 2.44. The van der Waals surface area contributed by atoms with E-state index in [-0.39, 0.29) is 18.9 Å². The monoisotopic (exact) mass is 322 g/mol. The molecule has 0 radical (unpaired) electrons. The van der Waals surface area contributed by atoms with Gasteiger partial charge in [0.25, 0.3) is 0 Å². The highest BCUT2D eigenvalue weighted by molar-refractivity contribution is 5.66. The maximum Gasteiger partial charge on any atom is 0.303 e. The largest absolute Gasteiger partial charge is 0.453 e. The van der Waals surface area contributed by atoms with E-state index in [9.17, 15) is 15.3 Å². The zero-order valence-corrected chi connectivity index (χ0v) is 14.2. The normalized spacial score (nSPS) is 24.2. The van der Waals surface area contributed by atoms with Crippen LogP contribution in [0.25, 0.3) is 0 Å². The first kappa shape index (κ1) is 17.8. The smallest absolute Gasteiger partial charge is 0.303 e. The molecule has 2 rings (SSSR count). The average Bonchev–Trinajstić information content (AvgIpc) is 2.96. The van der Waals surface area contributed by atoms with Gasteiger partial charge >= 0.3 is 5.97 Å². The minimum absolute atomic E-state index is 0.00743. The SMILES string of the molecule is CCC[C@@H]1C(C(C#N)(C#N)CC#CCOC(C)=O)=C[C@H]2C=C[C@@H]1C2. The van der Waals surface area contributed by atoms with E-state index < -0.39 is 11.4 Å². The van der Waals surface area contributed by atoms with E-state index in [1.54, 1.807) is 0 Å². The van der Waals surface area contributed by atoms with Crippen molar-refractivity contribution in [2.75, 3.05) is 6.61 Å². The van der Waals surface area contributed by atoms with Crippen molar-refractivity contribution in [1.82, 2.24) is 0 Å². The van der Waals surface area contributed by atoms with Crippen molar-refractivity contribution < 1.29 is 9.53 Å². The molecule has 2 bridgehead atoms. The van der Waals surface area contributed by atoms with Gasteiger partial charge in [0, 0.05) is 13.3 Å². The third-order valence-corrected chi connectivity index (χ3v) is 4.76. The van der Waals surface area contributed by atoms with E-state index in [0.29, 0.717) is 11.8 Å². The first-order valence-corrected chi connectivity index (χ1v) is 8.38. The van der Waals surface area contributed by atoms with Gasteiger partial charge in [-0.15, -0.1) is 0 Å². The Hall–Kier alpha value is -2.51. The molecule has 0 spiro atoms. The molecule has 0 amide bonds. The second-order valence-corrected chi connectivity index (χ2v) is 6.41. The minimum atomic E-state index is -1.22. The Morgan fingerprint density at radius 1 is 1.33 bits per heavy atom. The maximum atomic E-state index is 10.7. The van der Waals surface area contributed by atoms with Gasteiger partial charge < -0.3 is 4.74 Å². The van der Waals surface area contributed by atoms with Crippen LogP contribution in [0, 0.1) is 57.7 Å². The molecule has 0 fully saturated rings. The van der Waals surface area contributed by atoms with Gasteiger partial charge in [-0.1, -0.05) is 43.4 Å². The molecule has 0 aromatic heterocycles. The molecule has 2 aliphatic rings. The van der Waals surface area contributed by atoms with Gasteiger partial charge in [-0.25, -0.2) is 0 Å². The number of hydrogen-bond donors (Lipinski definition) is 0. The van der Waals surface area contributed by atoms with Crippen LogP contribution in [0.2, 0.25) is 0 Å². The van der Waals surface area contributed by atoms with Crippen LogP contribution in [0.5, 0.6) is 0 Å². The number of carbonyl (C=O) groups is 1. The van der Waals surface area contributed by atoms with E-state index in [1.165, 1.54) is 6.92 Å². The van der Waals surface area contributed by atoms with Crippen LogP contribution in [0.15, 0.2) is 23.8 Å². The van der Waals surface area contributed by atoms with Crippen LogP contribution >= 0.6 is 0 Å². The van der Waals surface area contributed by atoms with Crippen LogP contribution in [0.3, 0.4) is 0 Å². The number of carbonyl (C=O) groups excluding carboxylic acids is 1. The Labute approximate surface area is 143 Å².